The minimum absolute atomic E-state index is 0.0149. The van der Waals surface area contributed by atoms with Gasteiger partial charge >= 0.3 is 0 Å². The number of nitrogens with zero attached hydrogens (tertiary/aromatic N) is 2. The van der Waals surface area contributed by atoms with Crippen LogP contribution in [0.2, 0.25) is 0 Å². The molecule has 2 heterocycles. The summed E-state index contributed by atoms with van der Waals surface area (Å²) in [6, 6.07) is 0. The molecule has 1 aliphatic heterocycles. The molecule has 2 aliphatic rings. The molecule has 1 aromatic rings. The lowest BCUT2D eigenvalue weighted by Crippen LogP contribution is -2.31. The monoisotopic (exact) mass is 355 g/mol. The summed E-state index contributed by atoms with van der Waals surface area (Å²) < 4.78 is 7.73. The van der Waals surface area contributed by atoms with Crippen molar-refractivity contribution in [1.29, 1.82) is 0 Å². The van der Waals surface area contributed by atoms with Gasteiger partial charge in [0, 0.05) is 26.3 Å². The average molecular weight is 356 g/mol. The summed E-state index contributed by atoms with van der Waals surface area (Å²) in [5.74, 6) is 1.25. The molecule has 5 nitrogen and oxygen atoms in total. The molecular formula is C15H22BrN3O2. The second kappa shape index (κ2) is 6.92. The summed E-state index contributed by atoms with van der Waals surface area (Å²) in [4.78, 5) is 12.5. The zero-order valence-corrected chi connectivity index (χ0v) is 13.8. The quantitative estimate of drug-likeness (QED) is 0.852. The van der Waals surface area contributed by atoms with Gasteiger partial charge in [-0.15, -0.1) is 0 Å². The topological polar surface area (TPSA) is 56.1 Å². The van der Waals surface area contributed by atoms with Gasteiger partial charge in [0.1, 0.15) is 5.69 Å². The Morgan fingerprint density at radius 3 is 2.90 bits per heavy atom. The number of hydrogen-bond donors (Lipinski definition) is 1. The Kier molecular flexibility index (Phi) is 4.95. The second-order valence-electron chi connectivity index (χ2n) is 6.10. The van der Waals surface area contributed by atoms with Crippen LogP contribution in [-0.2, 0) is 11.3 Å². The van der Waals surface area contributed by atoms with Gasteiger partial charge in [-0.3, -0.25) is 4.79 Å². The summed E-state index contributed by atoms with van der Waals surface area (Å²) in [5, 5.41) is 7.53. The lowest BCUT2D eigenvalue weighted by molar-refractivity contribution is 0.185. The van der Waals surface area contributed by atoms with Gasteiger partial charge in [-0.25, -0.2) is 4.68 Å². The zero-order chi connectivity index (χ0) is 14.7. The van der Waals surface area contributed by atoms with Crippen LogP contribution in [0.25, 0.3) is 0 Å². The number of nitrogens with one attached hydrogen (secondary N) is 1. The molecule has 2 fully saturated rings. The van der Waals surface area contributed by atoms with Gasteiger partial charge in [-0.2, -0.15) is 5.10 Å². The Labute approximate surface area is 133 Å². The smallest absolute Gasteiger partial charge is 0.291 e. The SMILES string of the molecule is O=c1c(NCCC2CCOC2)c(Br)cnn1CC1CCC1. The molecule has 1 unspecified atom stereocenters. The Bertz CT molecular complexity index is 536. The third-order valence-corrected chi connectivity index (χ3v) is 5.13. The third-order valence-electron chi connectivity index (χ3n) is 4.53. The van der Waals surface area contributed by atoms with E-state index in [1.165, 1.54) is 19.3 Å². The van der Waals surface area contributed by atoms with E-state index in [1.807, 2.05) is 0 Å². The van der Waals surface area contributed by atoms with Crippen molar-refractivity contribution < 1.29 is 4.74 Å². The van der Waals surface area contributed by atoms with E-state index in [0.717, 1.165) is 43.6 Å². The van der Waals surface area contributed by atoms with Crippen LogP contribution < -0.4 is 10.9 Å². The lowest BCUT2D eigenvalue weighted by Gasteiger charge is -2.25. The maximum absolute atomic E-state index is 12.5. The van der Waals surface area contributed by atoms with Crippen LogP contribution in [0.15, 0.2) is 15.5 Å². The molecule has 0 spiro atoms. The summed E-state index contributed by atoms with van der Waals surface area (Å²) in [6.45, 7) is 3.27. The van der Waals surface area contributed by atoms with Crippen LogP contribution in [0.5, 0.6) is 0 Å². The first-order valence-corrected chi connectivity index (χ1v) is 8.60. The maximum atomic E-state index is 12.5. The molecule has 0 bridgehead atoms. The minimum Gasteiger partial charge on any atom is -0.381 e. The van der Waals surface area contributed by atoms with E-state index >= 15 is 0 Å². The van der Waals surface area contributed by atoms with Crippen molar-refractivity contribution in [3.05, 3.63) is 21.0 Å². The molecule has 1 saturated carbocycles. The van der Waals surface area contributed by atoms with Gasteiger partial charge in [0.05, 0.1) is 10.7 Å². The van der Waals surface area contributed by atoms with E-state index in [0.29, 0.717) is 17.5 Å². The lowest BCUT2D eigenvalue weighted by atomic mass is 9.85. The Hall–Kier alpha value is -0.880. The van der Waals surface area contributed by atoms with Crippen LogP contribution in [0.3, 0.4) is 0 Å². The van der Waals surface area contributed by atoms with Gasteiger partial charge in [0.25, 0.3) is 5.56 Å². The molecule has 1 aromatic heterocycles. The molecule has 1 atom stereocenters. The number of rotatable bonds is 6. The number of anilines is 1. The number of hydrogen-bond acceptors (Lipinski definition) is 4. The highest BCUT2D eigenvalue weighted by Gasteiger charge is 2.20. The molecule has 1 saturated heterocycles. The van der Waals surface area contributed by atoms with Gasteiger partial charge in [0.15, 0.2) is 0 Å². The summed E-state index contributed by atoms with van der Waals surface area (Å²) in [7, 11) is 0. The van der Waals surface area contributed by atoms with E-state index in [1.54, 1.807) is 10.9 Å². The normalized spacial score (nSPS) is 22.2. The molecule has 6 heteroatoms. The Morgan fingerprint density at radius 2 is 2.24 bits per heavy atom. The molecule has 0 radical (unpaired) electrons. The highest BCUT2D eigenvalue weighted by molar-refractivity contribution is 9.10. The van der Waals surface area contributed by atoms with Crippen molar-refractivity contribution in [2.75, 3.05) is 25.1 Å². The maximum Gasteiger partial charge on any atom is 0.291 e. The highest BCUT2D eigenvalue weighted by Crippen LogP contribution is 2.27. The molecule has 116 valence electrons. The molecule has 3 rings (SSSR count). The molecule has 0 aromatic carbocycles. The fourth-order valence-corrected chi connectivity index (χ4v) is 3.29. The van der Waals surface area contributed by atoms with Crippen LogP contribution >= 0.6 is 15.9 Å². The molecule has 0 amide bonds. The minimum atomic E-state index is -0.0149. The van der Waals surface area contributed by atoms with Crippen molar-refractivity contribution >= 4 is 21.6 Å². The number of ether oxygens (including phenoxy) is 1. The number of aromatic nitrogens is 2. The van der Waals surface area contributed by atoms with E-state index in [4.69, 9.17) is 4.74 Å². The molecule has 1 N–H and O–H groups in total. The standard InChI is InChI=1S/C15H22BrN3O2/c16-13-8-18-19(9-11-2-1-3-11)15(20)14(13)17-6-4-12-5-7-21-10-12/h8,11-12,17H,1-7,9-10H2. The third kappa shape index (κ3) is 3.66. The first kappa shape index (κ1) is 15.0. The van der Waals surface area contributed by atoms with E-state index < -0.39 is 0 Å². The predicted octanol–water partition coefficient (Wildman–Crippen LogP) is 2.64. The van der Waals surface area contributed by atoms with Crippen molar-refractivity contribution in [1.82, 2.24) is 9.78 Å². The first-order chi connectivity index (χ1) is 10.2. The van der Waals surface area contributed by atoms with Crippen molar-refractivity contribution in [3.8, 4) is 0 Å². The van der Waals surface area contributed by atoms with E-state index in [2.05, 4.69) is 26.3 Å². The van der Waals surface area contributed by atoms with Crippen molar-refractivity contribution in [2.45, 2.75) is 38.6 Å². The molecular weight excluding hydrogens is 334 g/mol. The van der Waals surface area contributed by atoms with Gasteiger partial charge < -0.3 is 10.1 Å². The summed E-state index contributed by atoms with van der Waals surface area (Å²) in [5.41, 5.74) is 0.627. The number of halogens is 1. The van der Waals surface area contributed by atoms with Gasteiger partial charge in [0.2, 0.25) is 0 Å². The summed E-state index contributed by atoms with van der Waals surface area (Å²) in [6.07, 6.45) is 7.61. The van der Waals surface area contributed by atoms with Crippen LogP contribution in [0, 0.1) is 11.8 Å². The van der Waals surface area contributed by atoms with Gasteiger partial charge in [-0.1, -0.05) is 6.42 Å². The Balaban J connectivity index is 1.62. The fraction of sp³-hybridized carbons (Fsp3) is 0.733. The zero-order valence-electron chi connectivity index (χ0n) is 12.2. The first-order valence-electron chi connectivity index (χ1n) is 7.81. The van der Waals surface area contributed by atoms with Crippen LogP contribution in [0.4, 0.5) is 5.69 Å². The van der Waals surface area contributed by atoms with Crippen LogP contribution in [-0.4, -0.2) is 29.5 Å². The van der Waals surface area contributed by atoms with Crippen LogP contribution in [0.1, 0.15) is 32.1 Å². The average Bonchev–Trinajstić information content (AvgIpc) is 2.93. The molecule has 1 aliphatic carbocycles. The van der Waals surface area contributed by atoms with Crippen molar-refractivity contribution in [2.24, 2.45) is 11.8 Å². The molecule has 21 heavy (non-hydrogen) atoms. The van der Waals surface area contributed by atoms with E-state index in [9.17, 15) is 4.79 Å². The Morgan fingerprint density at radius 1 is 1.38 bits per heavy atom. The predicted molar refractivity (Wildman–Crippen MR) is 85.6 cm³/mol. The summed E-state index contributed by atoms with van der Waals surface area (Å²) >= 11 is 3.43. The second-order valence-corrected chi connectivity index (χ2v) is 6.95. The van der Waals surface area contributed by atoms with Crippen molar-refractivity contribution in [3.63, 3.8) is 0 Å². The van der Waals surface area contributed by atoms with Gasteiger partial charge in [-0.05, 0) is 53.4 Å². The van der Waals surface area contributed by atoms with E-state index in [-0.39, 0.29) is 5.56 Å². The fourth-order valence-electron chi connectivity index (χ4n) is 2.89. The highest BCUT2D eigenvalue weighted by atomic mass is 79.9. The largest absolute Gasteiger partial charge is 0.381 e.